The van der Waals surface area contributed by atoms with Crippen LogP contribution in [-0.2, 0) is 6.42 Å². The van der Waals surface area contributed by atoms with Crippen LogP contribution in [0.1, 0.15) is 72.5 Å². The fraction of sp³-hybridized carbons (Fsp3) is 0.481. The number of aromatic nitrogens is 1. The monoisotopic (exact) mass is 434 g/mol. The van der Waals surface area contributed by atoms with Crippen molar-refractivity contribution >= 4 is 11.5 Å². The molecule has 0 aliphatic heterocycles. The van der Waals surface area contributed by atoms with Gasteiger partial charge in [0.05, 0.1) is 12.8 Å². The summed E-state index contributed by atoms with van der Waals surface area (Å²) in [5.74, 6) is 1.28. The standard InChI is InChI=1S/C27H31FN2O2/c1-16(15-31)30-26(32)18-4-5-21-17(11-18)3-6-23-22(21)9-10-27(2)24(7-8-25(23)27)19-12-20(28)14-29-13-19/h4-5,7,11-14,16,22-23,25,31H,3,6,8-10,15H2,1-2H3,(H,30,32). The molecule has 0 bridgehead atoms. The lowest BCUT2D eigenvalue weighted by Gasteiger charge is -2.50. The molecular formula is C27H31FN2O2. The van der Waals surface area contributed by atoms with Gasteiger partial charge in [-0.05, 0) is 103 Å². The van der Waals surface area contributed by atoms with Crippen LogP contribution in [0.4, 0.5) is 4.39 Å². The molecule has 32 heavy (non-hydrogen) atoms. The van der Waals surface area contributed by atoms with Crippen molar-refractivity contribution in [1.29, 1.82) is 0 Å². The van der Waals surface area contributed by atoms with Crippen LogP contribution >= 0.6 is 0 Å². The molecule has 1 amide bonds. The Bertz CT molecular complexity index is 1080. The molecule has 4 nitrogen and oxygen atoms in total. The second kappa shape index (κ2) is 8.11. The minimum atomic E-state index is -0.274. The van der Waals surface area contributed by atoms with Gasteiger partial charge in [-0.2, -0.15) is 0 Å². The fourth-order valence-electron chi connectivity index (χ4n) is 6.65. The smallest absolute Gasteiger partial charge is 0.251 e. The molecule has 5 heteroatoms. The Labute approximate surface area is 189 Å². The number of amides is 1. The second-order valence-corrected chi connectivity index (χ2v) is 10.1. The second-order valence-electron chi connectivity index (χ2n) is 10.1. The van der Waals surface area contributed by atoms with E-state index in [-0.39, 0.29) is 29.8 Å². The molecule has 3 aliphatic carbocycles. The highest BCUT2D eigenvalue weighted by atomic mass is 19.1. The Morgan fingerprint density at radius 3 is 2.94 bits per heavy atom. The predicted molar refractivity (Wildman–Crippen MR) is 123 cm³/mol. The first-order valence-electron chi connectivity index (χ1n) is 11.8. The van der Waals surface area contributed by atoms with E-state index in [9.17, 15) is 14.3 Å². The number of carbonyl (C=O) groups excluding carboxylic acids is 1. The van der Waals surface area contributed by atoms with Crippen LogP contribution in [0.2, 0.25) is 0 Å². The quantitative estimate of drug-likeness (QED) is 0.721. The van der Waals surface area contributed by atoms with Crippen molar-refractivity contribution in [2.45, 2.75) is 57.9 Å². The summed E-state index contributed by atoms with van der Waals surface area (Å²) in [6, 6.07) is 7.52. The molecule has 5 rings (SSSR count). The van der Waals surface area contributed by atoms with Gasteiger partial charge in [0.15, 0.2) is 0 Å². The average Bonchev–Trinajstić information content (AvgIpc) is 3.15. The number of aliphatic hydroxyl groups is 1. The molecular weight excluding hydrogens is 403 g/mol. The summed E-state index contributed by atoms with van der Waals surface area (Å²) in [6.45, 7) is 4.09. The van der Waals surface area contributed by atoms with Gasteiger partial charge in [-0.1, -0.05) is 19.1 Å². The molecule has 5 atom stereocenters. The van der Waals surface area contributed by atoms with E-state index in [1.54, 1.807) is 19.2 Å². The van der Waals surface area contributed by atoms with Crippen molar-refractivity contribution in [1.82, 2.24) is 10.3 Å². The van der Waals surface area contributed by atoms with E-state index in [1.165, 1.54) is 22.9 Å². The summed E-state index contributed by atoms with van der Waals surface area (Å²) in [6.07, 6.45) is 10.7. The minimum absolute atomic E-state index is 0.0639. The lowest BCUT2D eigenvalue weighted by molar-refractivity contribution is 0.0882. The number of nitrogens with zero attached hydrogens (tertiary/aromatic N) is 1. The number of hydrogen-bond acceptors (Lipinski definition) is 3. The largest absolute Gasteiger partial charge is 0.394 e. The first-order chi connectivity index (χ1) is 15.4. The first kappa shape index (κ1) is 21.3. The van der Waals surface area contributed by atoms with Crippen LogP contribution in [0.25, 0.3) is 5.57 Å². The summed E-state index contributed by atoms with van der Waals surface area (Å²) in [5, 5.41) is 12.1. The Morgan fingerprint density at radius 1 is 1.31 bits per heavy atom. The number of allylic oxidation sites excluding steroid dienone is 2. The Kier molecular flexibility index (Phi) is 5.40. The van der Waals surface area contributed by atoms with Crippen molar-refractivity contribution < 1.29 is 14.3 Å². The van der Waals surface area contributed by atoms with Gasteiger partial charge in [-0.3, -0.25) is 9.78 Å². The molecule has 1 saturated carbocycles. The van der Waals surface area contributed by atoms with Crippen molar-refractivity contribution in [3.05, 3.63) is 70.8 Å². The van der Waals surface area contributed by atoms with Crippen LogP contribution in [0.5, 0.6) is 0 Å². The number of fused-ring (bicyclic) bond motifs is 5. The van der Waals surface area contributed by atoms with Crippen LogP contribution in [-0.4, -0.2) is 28.6 Å². The first-order valence-corrected chi connectivity index (χ1v) is 11.8. The molecule has 3 aliphatic rings. The van der Waals surface area contributed by atoms with Gasteiger partial charge in [-0.15, -0.1) is 0 Å². The van der Waals surface area contributed by atoms with Crippen molar-refractivity contribution in [3.63, 3.8) is 0 Å². The van der Waals surface area contributed by atoms with Crippen LogP contribution in [0.3, 0.4) is 0 Å². The normalized spacial score (nSPS) is 29.4. The molecule has 1 aromatic heterocycles. The van der Waals surface area contributed by atoms with Gasteiger partial charge in [0.1, 0.15) is 5.82 Å². The molecule has 168 valence electrons. The van der Waals surface area contributed by atoms with Crippen molar-refractivity contribution in [3.8, 4) is 0 Å². The number of aliphatic hydroxyl groups excluding tert-OH is 1. The third-order valence-corrected chi connectivity index (χ3v) is 8.24. The molecule has 5 unspecified atom stereocenters. The number of hydrogen-bond donors (Lipinski definition) is 2. The number of carbonyl (C=O) groups is 1. The maximum absolute atomic E-state index is 13.9. The van der Waals surface area contributed by atoms with E-state index in [2.05, 4.69) is 35.4 Å². The number of benzene rings is 1. The van der Waals surface area contributed by atoms with Crippen molar-refractivity contribution in [2.75, 3.05) is 6.61 Å². The molecule has 0 spiro atoms. The lowest BCUT2D eigenvalue weighted by Crippen LogP contribution is -2.41. The third kappa shape index (κ3) is 3.47. The van der Waals surface area contributed by atoms with Gasteiger partial charge < -0.3 is 10.4 Å². The highest BCUT2D eigenvalue weighted by molar-refractivity contribution is 5.94. The van der Waals surface area contributed by atoms with Gasteiger partial charge in [0.25, 0.3) is 5.91 Å². The summed E-state index contributed by atoms with van der Waals surface area (Å²) >= 11 is 0. The lowest BCUT2D eigenvalue weighted by atomic mass is 9.54. The number of nitrogens with one attached hydrogen (secondary N) is 1. The van der Waals surface area contributed by atoms with E-state index in [4.69, 9.17) is 0 Å². The SMILES string of the molecule is CC(CO)NC(=O)c1ccc2c(c1)CCC1C2CCC2(C)C(c3cncc(F)c3)=CCC12. The van der Waals surface area contributed by atoms with E-state index in [0.29, 0.717) is 23.3 Å². The van der Waals surface area contributed by atoms with Gasteiger partial charge >= 0.3 is 0 Å². The Balaban J connectivity index is 1.39. The zero-order valence-electron chi connectivity index (χ0n) is 18.8. The highest BCUT2D eigenvalue weighted by Gasteiger charge is 2.52. The predicted octanol–water partition coefficient (Wildman–Crippen LogP) is 4.88. The van der Waals surface area contributed by atoms with Gasteiger partial charge in [0.2, 0.25) is 0 Å². The van der Waals surface area contributed by atoms with E-state index < -0.39 is 0 Å². The highest BCUT2D eigenvalue weighted by Crippen LogP contribution is 2.63. The molecule has 0 radical (unpaired) electrons. The van der Waals surface area contributed by atoms with Gasteiger partial charge in [0, 0.05) is 17.8 Å². The van der Waals surface area contributed by atoms with Gasteiger partial charge in [-0.25, -0.2) is 4.39 Å². The van der Waals surface area contributed by atoms with Crippen LogP contribution in [0.15, 0.2) is 42.7 Å². The summed E-state index contributed by atoms with van der Waals surface area (Å²) in [4.78, 5) is 16.6. The molecule has 2 N–H and O–H groups in total. The summed E-state index contributed by atoms with van der Waals surface area (Å²) < 4.78 is 13.9. The molecule has 1 fully saturated rings. The molecule has 1 heterocycles. The average molecular weight is 435 g/mol. The maximum atomic E-state index is 13.9. The number of pyridine rings is 1. The Morgan fingerprint density at radius 2 is 2.16 bits per heavy atom. The fourth-order valence-corrected chi connectivity index (χ4v) is 6.65. The number of halogens is 1. The number of aryl methyl sites for hydroxylation is 1. The topological polar surface area (TPSA) is 62.2 Å². The zero-order chi connectivity index (χ0) is 22.5. The Hall–Kier alpha value is -2.53. The van der Waals surface area contributed by atoms with Crippen LogP contribution < -0.4 is 5.32 Å². The summed E-state index contributed by atoms with van der Waals surface area (Å²) in [5.41, 5.74) is 5.62. The van der Waals surface area contributed by atoms with E-state index >= 15 is 0 Å². The minimum Gasteiger partial charge on any atom is -0.394 e. The number of rotatable bonds is 4. The third-order valence-electron chi connectivity index (χ3n) is 8.24. The zero-order valence-corrected chi connectivity index (χ0v) is 18.8. The summed E-state index contributed by atoms with van der Waals surface area (Å²) in [7, 11) is 0. The van der Waals surface area contributed by atoms with Crippen LogP contribution in [0, 0.1) is 23.1 Å². The molecule has 0 saturated heterocycles. The van der Waals surface area contributed by atoms with E-state index in [0.717, 1.165) is 37.7 Å². The molecule has 2 aromatic rings. The maximum Gasteiger partial charge on any atom is 0.251 e. The molecule has 1 aromatic carbocycles. The van der Waals surface area contributed by atoms with Crippen molar-refractivity contribution in [2.24, 2.45) is 17.3 Å². The van der Waals surface area contributed by atoms with E-state index in [1.807, 2.05) is 6.07 Å².